The molecule has 6 nitrogen and oxygen atoms in total. The number of carbonyl (C=O) groups is 2. The number of hydrogen-bond acceptors (Lipinski definition) is 5. The van der Waals surface area contributed by atoms with Crippen molar-refractivity contribution in [1.82, 2.24) is 15.3 Å². The number of benzene rings is 1. The van der Waals surface area contributed by atoms with E-state index in [2.05, 4.69) is 20.6 Å². The third-order valence-electron chi connectivity index (χ3n) is 3.66. The minimum atomic E-state index is -0.508. The van der Waals surface area contributed by atoms with E-state index in [1.54, 1.807) is 0 Å². The minimum Gasteiger partial charge on any atom is -0.342 e. The monoisotopic (exact) mass is 392 g/mol. The van der Waals surface area contributed by atoms with Gasteiger partial charge in [-0.15, -0.1) is 0 Å². The van der Waals surface area contributed by atoms with Gasteiger partial charge < -0.3 is 10.6 Å². The van der Waals surface area contributed by atoms with Crippen LogP contribution in [0, 0.1) is 13.8 Å². The van der Waals surface area contributed by atoms with Crippen LogP contribution in [-0.2, 0) is 4.79 Å². The molecule has 0 unspecified atom stereocenters. The quantitative estimate of drug-likeness (QED) is 0.555. The molecule has 0 aliphatic rings. The second-order valence-corrected chi connectivity index (χ2v) is 7.15. The van der Waals surface area contributed by atoms with E-state index >= 15 is 0 Å². The van der Waals surface area contributed by atoms with Crippen molar-refractivity contribution in [2.45, 2.75) is 32.3 Å². The lowest BCUT2D eigenvalue weighted by molar-refractivity contribution is -0.115. The molecule has 1 heterocycles. The number of aryl methyl sites for hydroxylation is 1. The predicted molar refractivity (Wildman–Crippen MR) is 105 cm³/mol. The fraction of sp³-hybridized carbons (Fsp3) is 0.333. The molecular weight excluding hydrogens is 372 g/mol. The van der Waals surface area contributed by atoms with Crippen LogP contribution in [0.1, 0.15) is 35.0 Å². The Hall–Kier alpha value is -2.12. The Balaban J connectivity index is 1.97. The molecule has 1 aromatic carbocycles. The summed E-state index contributed by atoms with van der Waals surface area (Å²) in [5.41, 5.74) is 2.86. The molecule has 2 N–H and O–H groups in total. The minimum absolute atomic E-state index is 0.0693. The topological polar surface area (TPSA) is 84.0 Å². The molecule has 0 aliphatic heterocycles. The van der Waals surface area contributed by atoms with Crippen molar-refractivity contribution in [2.75, 3.05) is 17.6 Å². The third-order valence-corrected chi connectivity index (χ3v) is 5.00. The largest absolute Gasteiger partial charge is 0.342 e. The Morgan fingerprint density at radius 3 is 2.77 bits per heavy atom. The van der Waals surface area contributed by atoms with Gasteiger partial charge in [-0.1, -0.05) is 42.4 Å². The van der Waals surface area contributed by atoms with Gasteiger partial charge in [-0.2, -0.15) is 0 Å². The summed E-state index contributed by atoms with van der Waals surface area (Å²) in [7, 11) is 0. The second kappa shape index (κ2) is 9.54. The highest BCUT2D eigenvalue weighted by molar-refractivity contribution is 7.99. The Morgan fingerprint density at radius 2 is 2.04 bits per heavy atom. The number of nitrogens with one attached hydrogen (secondary N) is 2. The van der Waals surface area contributed by atoms with Crippen LogP contribution < -0.4 is 10.6 Å². The average molecular weight is 393 g/mol. The molecule has 0 radical (unpaired) electrons. The van der Waals surface area contributed by atoms with Crippen LogP contribution in [0.15, 0.2) is 29.6 Å². The summed E-state index contributed by atoms with van der Waals surface area (Å²) in [6, 6.07) is 5.66. The zero-order valence-electron chi connectivity index (χ0n) is 14.9. The maximum Gasteiger partial charge on any atom is 0.272 e. The van der Waals surface area contributed by atoms with Gasteiger partial charge in [0.1, 0.15) is 0 Å². The molecule has 0 aliphatic carbocycles. The van der Waals surface area contributed by atoms with E-state index in [4.69, 9.17) is 11.6 Å². The SMILES string of the molecule is CCCSc1ncc(Cl)c(C(=O)NCC(=O)Nc2cccc(C)c2C)n1. The lowest BCUT2D eigenvalue weighted by Crippen LogP contribution is -2.33. The maximum atomic E-state index is 12.3. The molecule has 0 saturated carbocycles. The Labute approximate surface area is 162 Å². The first-order valence-corrected chi connectivity index (χ1v) is 9.58. The van der Waals surface area contributed by atoms with Crippen LogP contribution >= 0.6 is 23.4 Å². The van der Waals surface area contributed by atoms with Gasteiger partial charge in [-0.05, 0) is 37.5 Å². The van der Waals surface area contributed by atoms with E-state index in [1.807, 2.05) is 39.0 Å². The van der Waals surface area contributed by atoms with Crippen molar-refractivity contribution in [3.05, 3.63) is 46.2 Å². The molecule has 138 valence electrons. The van der Waals surface area contributed by atoms with Crippen molar-refractivity contribution in [1.29, 1.82) is 0 Å². The maximum absolute atomic E-state index is 12.3. The average Bonchev–Trinajstić information content (AvgIpc) is 2.63. The summed E-state index contributed by atoms with van der Waals surface area (Å²) in [6.07, 6.45) is 2.37. The van der Waals surface area contributed by atoms with Crippen LogP contribution in [0.2, 0.25) is 5.02 Å². The number of anilines is 1. The standard InChI is InChI=1S/C18H21ClN4O2S/c1-4-8-26-18-21-9-13(19)16(23-18)17(25)20-10-15(24)22-14-7-5-6-11(2)12(14)3/h5-7,9H,4,8,10H2,1-3H3,(H,20,25)(H,22,24). The Morgan fingerprint density at radius 1 is 1.27 bits per heavy atom. The van der Waals surface area contributed by atoms with Crippen molar-refractivity contribution in [2.24, 2.45) is 0 Å². The van der Waals surface area contributed by atoms with Gasteiger partial charge in [-0.25, -0.2) is 9.97 Å². The molecule has 26 heavy (non-hydrogen) atoms. The fourth-order valence-corrected chi connectivity index (χ4v) is 2.94. The van der Waals surface area contributed by atoms with Crippen LogP contribution in [0.4, 0.5) is 5.69 Å². The number of aromatic nitrogens is 2. The van der Waals surface area contributed by atoms with Crippen LogP contribution in [0.5, 0.6) is 0 Å². The number of halogens is 1. The normalized spacial score (nSPS) is 10.5. The summed E-state index contributed by atoms with van der Waals surface area (Å²) in [4.78, 5) is 32.7. The van der Waals surface area contributed by atoms with Gasteiger partial charge in [0, 0.05) is 11.4 Å². The molecule has 2 amide bonds. The van der Waals surface area contributed by atoms with Gasteiger partial charge in [0.25, 0.3) is 5.91 Å². The van der Waals surface area contributed by atoms with Gasteiger partial charge in [-0.3, -0.25) is 9.59 Å². The summed E-state index contributed by atoms with van der Waals surface area (Å²) >= 11 is 7.46. The second-order valence-electron chi connectivity index (χ2n) is 5.68. The highest BCUT2D eigenvalue weighted by Crippen LogP contribution is 2.19. The lowest BCUT2D eigenvalue weighted by Gasteiger charge is -2.11. The summed E-state index contributed by atoms with van der Waals surface area (Å²) in [6.45, 7) is 5.77. The number of carbonyl (C=O) groups excluding carboxylic acids is 2. The molecule has 8 heteroatoms. The summed E-state index contributed by atoms with van der Waals surface area (Å²) in [5, 5.41) is 5.97. The van der Waals surface area contributed by atoms with Gasteiger partial charge in [0.2, 0.25) is 5.91 Å². The van der Waals surface area contributed by atoms with E-state index in [-0.39, 0.29) is 23.2 Å². The first kappa shape index (κ1) is 20.2. The van der Waals surface area contributed by atoms with Crippen molar-refractivity contribution in [3.8, 4) is 0 Å². The molecule has 0 fully saturated rings. The highest BCUT2D eigenvalue weighted by Gasteiger charge is 2.15. The van der Waals surface area contributed by atoms with Crippen LogP contribution in [-0.4, -0.2) is 34.1 Å². The van der Waals surface area contributed by atoms with E-state index in [9.17, 15) is 9.59 Å². The summed E-state index contributed by atoms with van der Waals surface area (Å²) < 4.78 is 0. The molecule has 1 aromatic heterocycles. The number of amides is 2. The first-order valence-electron chi connectivity index (χ1n) is 8.22. The molecule has 0 atom stereocenters. The smallest absolute Gasteiger partial charge is 0.272 e. The summed E-state index contributed by atoms with van der Waals surface area (Å²) in [5.74, 6) is 0.0191. The van der Waals surface area contributed by atoms with Gasteiger partial charge in [0.15, 0.2) is 10.9 Å². The number of nitrogens with zero attached hydrogens (tertiary/aromatic N) is 2. The zero-order valence-corrected chi connectivity index (χ0v) is 16.5. The molecule has 0 saturated heterocycles. The Kier molecular flexibility index (Phi) is 7.41. The van der Waals surface area contributed by atoms with E-state index < -0.39 is 5.91 Å². The molecule has 0 bridgehead atoms. The van der Waals surface area contributed by atoms with Crippen LogP contribution in [0.3, 0.4) is 0 Å². The van der Waals surface area contributed by atoms with Gasteiger partial charge in [0.05, 0.1) is 17.8 Å². The number of rotatable bonds is 7. The Bertz CT molecular complexity index is 814. The van der Waals surface area contributed by atoms with Crippen molar-refractivity contribution >= 4 is 40.9 Å². The van der Waals surface area contributed by atoms with Gasteiger partial charge >= 0.3 is 0 Å². The van der Waals surface area contributed by atoms with Crippen molar-refractivity contribution < 1.29 is 9.59 Å². The highest BCUT2D eigenvalue weighted by atomic mass is 35.5. The third kappa shape index (κ3) is 5.44. The lowest BCUT2D eigenvalue weighted by atomic mass is 10.1. The fourth-order valence-electron chi connectivity index (χ4n) is 2.10. The van der Waals surface area contributed by atoms with Crippen molar-refractivity contribution in [3.63, 3.8) is 0 Å². The predicted octanol–water partition coefficient (Wildman–Crippen LogP) is 3.62. The molecule has 2 rings (SSSR count). The van der Waals surface area contributed by atoms with Crippen LogP contribution in [0.25, 0.3) is 0 Å². The zero-order chi connectivity index (χ0) is 19.1. The van der Waals surface area contributed by atoms with E-state index in [0.717, 1.165) is 29.0 Å². The number of thioether (sulfide) groups is 1. The van der Waals surface area contributed by atoms with E-state index in [0.29, 0.717) is 5.16 Å². The molecule has 2 aromatic rings. The van der Waals surface area contributed by atoms with E-state index in [1.165, 1.54) is 18.0 Å². The molecule has 0 spiro atoms. The molecular formula is C18H21ClN4O2S. The first-order chi connectivity index (χ1) is 12.4. The number of hydrogen-bond donors (Lipinski definition) is 2.